The van der Waals surface area contributed by atoms with Crippen molar-refractivity contribution in [3.63, 3.8) is 0 Å². The molecule has 0 spiro atoms. The molecule has 0 aliphatic carbocycles. The smallest absolute Gasteiger partial charge is 0.508 e. The van der Waals surface area contributed by atoms with E-state index in [0.717, 1.165) is 23.1 Å². The van der Waals surface area contributed by atoms with Crippen molar-refractivity contribution in [2.75, 3.05) is 14.1 Å². The second-order valence-electron chi connectivity index (χ2n) is 3.43. The summed E-state index contributed by atoms with van der Waals surface area (Å²) in [7, 11) is 2.79. The lowest BCUT2D eigenvalue weighted by atomic mass is 10.1. The van der Waals surface area contributed by atoms with E-state index >= 15 is 0 Å². The van der Waals surface area contributed by atoms with Gasteiger partial charge in [0.05, 0.1) is 5.56 Å². The summed E-state index contributed by atoms with van der Waals surface area (Å²) in [5.74, 6) is -1.79. The van der Waals surface area contributed by atoms with E-state index in [1.165, 1.54) is 14.1 Å². The molecule has 0 aromatic heterocycles. The van der Waals surface area contributed by atoms with Crippen LogP contribution in [-0.4, -0.2) is 36.4 Å². The molecule has 1 rings (SSSR count). The Hall–Kier alpha value is -1.92. The fourth-order valence-corrected chi connectivity index (χ4v) is 1.14. The summed E-state index contributed by atoms with van der Waals surface area (Å²) in [6, 6.07) is 2.92. The number of hydrogen-bond acceptors (Lipinski definition) is 3. The first kappa shape index (κ1) is 13.1. The monoisotopic (exact) mass is 249 g/mol. The van der Waals surface area contributed by atoms with E-state index in [4.69, 9.17) is 5.11 Å². The minimum absolute atomic E-state index is 0.273. The number of nitrogens with zero attached hydrogens (tertiary/aromatic N) is 1. The molecule has 94 valence electrons. The largest absolute Gasteiger partial charge is 0.573 e. The molecule has 1 aromatic rings. The van der Waals surface area contributed by atoms with Crippen LogP contribution >= 0.6 is 0 Å². The standard InChI is InChI=1S/C10H10F3NO3/c1-14(2)9(16)7-4-3-6(15)5-8(7)17-10(11,12)13/h3-5,15H,1-2H3. The number of amides is 1. The van der Waals surface area contributed by atoms with Crippen LogP contribution in [-0.2, 0) is 0 Å². The van der Waals surface area contributed by atoms with Gasteiger partial charge in [-0.2, -0.15) is 0 Å². The number of phenols is 1. The number of phenolic OH excluding ortho intramolecular Hbond substituents is 1. The zero-order chi connectivity index (χ0) is 13.2. The molecule has 0 aliphatic rings. The molecule has 0 unspecified atom stereocenters. The predicted octanol–water partition coefficient (Wildman–Crippen LogP) is 1.99. The van der Waals surface area contributed by atoms with Gasteiger partial charge >= 0.3 is 6.36 Å². The third kappa shape index (κ3) is 3.54. The van der Waals surface area contributed by atoms with Crippen molar-refractivity contribution in [1.29, 1.82) is 0 Å². The van der Waals surface area contributed by atoms with Crippen molar-refractivity contribution in [2.24, 2.45) is 0 Å². The first-order valence-corrected chi connectivity index (χ1v) is 4.51. The van der Waals surface area contributed by atoms with Gasteiger partial charge in [-0.1, -0.05) is 0 Å². The molecule has 0 atom stereocenters. The van der Waals surface area contributed by atoms with E-state index < -0.39 is 23.8 Å². The summed E-state index contributed by atoms with van der Waals surface area (Å²) >= 11 is 0. The highest BCUT2D eigenvalue weighted by atomic mass is 19.4. The Morgan fingerprint density at radius 1 is 1.35 bits per heavy atom. The van der Waals surface area contributed by atoms with E-state index in [1.54, 1.807) is 0 Å². The minimum Gasteiger partial charge on any atom is -0.508 e. The van der Waals surface area contributed by atoms with E-state index in [0.29, 0.717) is 0 Å². The number of hydrogen-bond donors (Lipinski definition) is 1. The van der Waals surface area contributed by atoms with Gasteiger partial charge in [-0.3, -0.25) is 4.79 Å². The Kier molecular flexibility index (Phi) is 3.50. The first-order valence-electron chi connectivity index (χ1n) is 4.51. The highest BCUT2D eigenvalue weighted by molar-refractivity contribution is 5.96. The third-order valence-electron chi connectivity index (χ3n) is 1.83. The van der Waals surface area contributed by atoms with Crippen LogP contribution < -0.4 is 4.74 Å². The molecular formula is C10H10F3NO3. The molecule has 0 heterocycles. The normalized spacial score (nSPS) is 11.1. The number of alkyl halides is 3. The highest BCUT2D eigenvalue weighted by Crippen LogP contribution is 2.30. The van der Waals surface area contributed by atoms with E-state index in [-0.39, 0.29) is 5.56 Å². The van der Waals surface area contributed by atoms with Gasteiger partial charge in [0.2, 0.25) is 0 Å². The van der Waals surface area contributed by atoms with Crippen LogP contribution in [0.4, 0.5) is 13.2 Å². The summed E-state index contributed by atoms with van der Waals surface area (Å²) in [4.78, 5) is 12.7. The number of ether oxygens (including phenoxy) is 1. The van der Waals surface area contributed by atoms with Crippen molar-refractivity contribution in [2.45, 2.75) is 6.36 Å². The number of carbonyl (C=O) groups is 1. The van der Waals surface area contributed by atoms with Crippen LogP contribution in [0.3, 0.4) is 0 Å². The first-order chi connectivity index (χ1) is 7.70. The number of rotatable bonds is 2. The molecule has 0 radical (unpaired) electrons. The maximum atomic E-state index is 12.1. The van der Waals surface area contributed by atoms with Gasteiger partial charge in [-0.15, -0.1) is 13.2 Å². The Bertz CT molecular complexity index is 429. The third-order valence-corrected chi connectivity index (χ3v) is 1.83. The average molecular weight is 249 g/mol. The molecule has 7 heteroatoms. The summed E-state index contributed by atoms with van der Waals surface area (Å²) < 4.78 is 39.9. The molecule has 1 amide bonds. The fourth-order valence-electron chi connectivity index (χ4n) is 1.14. The molecule has 0 bridgehead atoms. The van der Waals surface area contributed by atoms with Crippen LogP contribution in [0.15, 0.2) is 18.2 Å². The Labute approximate surface area is 95.2 Å². The van der Waals surface area contributed by atoms with Crippen LogP contribution in [0.5, 0.6) is 11.5 Å². The fraction of sp³-hybridized carbons (Fsp3) is 0.300. The van der Waals surface area contributed by atoms with E-state index in [9.17, 15) is 18.0 Å². The molecular weight excluding hydrogens is 239 g/mol. The molecule has 0 saturated heterocycles. The van der Waals surface area contributed by atoms with E-state index in [2.05, 4.69) is 4.74 Å². The zero-order valence-corrected chi connectivity index (χ0v) is 9.08. The quantitative estimate of drug-likeness (QED) is 0.872. The lowest BCUT2D eigenvalue weighted by Gasteiger charge is -2.15. The zero-order valence-electron chi connectivity index (χ0n) is 9.08. The van der Waals surface area contributed by atoms with Crippen LogP contribution in [0.25, 0.3) is 0 Å². The van der Waals surface area contributed by atoms with Crippen LogP contribution in [0.1, 0.15) is 10.4 Å². The van der Waals surface area contributed by atoms with Gasteiger partial charge in [0.15, 0.2) is 0 Å². The Morgan fingerprint density at radius 2 is 1.94 bits per heavy atom. The Morgan fingerprint density at radius 3 is 2.41 bits per heavy atom. The maximum Gasteiger partial charge on any atom is 0.573 e. The Balaban J connectivity index is 3.17. The van der Waals surface area contributed by atoms with Crippen molar-refractivity contribution < 1.29 is 27.8 Å². The SMILES string of the molecule is CN(C)C(=O)c1ccc(O)cc1OC(F)(F)F. The molecule has 0 aliphatic heterocycles. The lowest BCUT2D eigenvalue weighted by Crippen LogP contribution is -2.24. The number of halogens is 3. The van der Waals surface area contributed by atoms with Crippen molar-refractivity contribution >= 4 is 5.91 Å². The van der Waals surface area contributed by atoms with Gasteiger partial charge in [-0.25, -0.2) is 0 Å². The second-order valence-corrected chi connectivity index (χ2v) is 3.43. The number of aromatic hydroxyl groups is 1. The summed E-state index contributed by atoms with van der Waals surface area (Å²) in [6.45, 7) is 0. The molecule has 4 nitrogen and oxygen atoms in total. The van der Waals surface area contributed by atoms with Gasteiger partial charge in [0, 0.05) is 20.2 Å². The summed E-state index contributed by atoms with van der Waals surface area (Å²) in [5, 5.41) is 9.08. The molecule has 0 saturated carbocycles. The van der Waals surface area contributed by atoms with Crippen molar-refractivity contribution in [3.05, 3.63) is 23.8 Å². The minimum atomic E-state index is -4.92. The predicted molar refractivity (Wildman–Crippen MR) is 52.8 cm³/mol. The number of carbonyl (C=O) groups excluding carboxylic acids is 1. The van der Waals surface area contributed by atoms with E-state index in [1.807, 2.05) is 0 Å². The van der Waals surface area contributed by atoms with Gasteiger partial charge in [0.25, 0.3) is 5.91 Å². The van der Waals surface area contributed by atoms with Gasteiger partial charge < -0.3 is 14.7 Å². The van der Waals surface area contributed by atoms with Crippen molar-refractivity contribution in [3.8, 4) is 11.5 Å². The topological polar surface area (TPSA) is 49.8 Å². The maximum absolute atomic E-state index is 12.1. The van der Waals surface area contributed by atoms with Crippen LogP contribution in [0.2, 0.25) is 0 Å². The summed E-state index contributed by atoms with van der Waals surface area (Å²) in [5.41, 5.74) is -0.273. The van der Waals surface area contributed by atoms with Gasteiger partial charge in [0.1, 0.15) is 11.5 Å². The van der Waals surface area contributed by atoms with Crippen LogP contribution in [0, 0.1) is 0 Å². The molecule has 1 N–H and O–H groups in total. The lowest BCUT2D eigenvalue weighted by molar-refractivity contribution is -0.274. The molecule has 1 aromatic carbocycles. The van der Waals surface area contributed by atoms with Gasteiger partial charge in [-0.05, 0) is 12.1 Å². The van der Waals surface area contributed by atoms with Crippen molar-refractivity contribution in [1.82, 2.24) is 4.90 Å². The highest BCUT2D eigenvalue weighted by Gasteiger charge is 2.33. The summed E-state index contributed by atoms with van der Waals surface area (Å²) in [6.07, 6.45) is -4.92. The average Bonchev–Trinajstić information content (AvgIpc) is 2.14. The second kappa shape index (κ2) is 4.52. The molecule has 17 heavy (non-hydrogen) atoms. The molecule has 0 fully saturated rings. The number of benzene rings is 1.